The number of carbonyl (C=O) groups is 1. The van der Waals surface area contributed by atoms with Crippen LogP contribution < -0.4 is 0 Å². The van der Waals surface area contributed by atoms with Gasteiger partial charge in [0.1, 0.15) is 6.33 Å². The Morgan fingerprint density at radius 2 is 2.12 bits per heavy atom. The normalized spacial score (nSPS) is 23.5. The number of aromatic nitrogens is 3. The number of ether oxygens (including phenoxy) is 1. The zero-order valence-electron chi connectivity index (χ0n) is 14.7. The SMILES string of the molecule is CC1(C)[C@H]2CC=C(CCOC(=O)c3ncn(-c4ccccc4)n3)[C@@H]1C2. The molecule has 1 aromatic heterocycles. The molecule has 2 aromatic rings. The van der Waals surface area contributed by atoms with E-state index in [-0.39, 0.29) is 5.82 Å². The van der Waals surface area contributed by atoms with Crippen LogP contribution in [-0.4, -0.2) is 27.3 Å². The lowest BCUT2D eigenvalue weighted by atomic mass is 9.48. The van der Waals surface area contributed by atoms with Crippen molar-refractivity contribution in [2.24, 2.45) is 17.3 Å². The van der Waals surface area contributed by atoms with Gasteiger partial charge in [-0.2, -0.15) is 0 Å². The monoisotopic (exact) mass is 337 g/mol. The van der Waals surface area contributed by atoms with E-state index in [0.717, 1.165) is 24.4 Å². The van der Waals surface area contributed by atoms with Crippen LogP contribution in [0.15, 0.2) is 48.3 Å². The number of para-hydroxylation sites is 1. The van der Waals surface area contributed by atoms with Crippen LogP contribution in [0.2, 0.25) is 0 Å². The second-order valence-corrected chi connectivity index (χ2v) is 7.56. The Bertz CT molecular complexity index is 807. The van der Waals surface area contributed by atoms with E-state index in [1.165, 1.54) is 18.3 Å². The zero-order valence-corrected chi connectivity index (χ0v) is 14.7. The Labute approximate surface area is 147 Å². The van der Waals surface area contributed by atoms with Gasteiger partial charge < -0.3 is 4.74 Å². The topological polar surface area (TPSA) is 57.0 Å². The number of fused-ring (bicyclic) bond motifs is 1. The molecule has 5 heteroatoms. The van der Waals surface area contributed by atoms with Crippen molar-refractivity contribution in [2.75, 3.05) is 6.61 Å². The van der Waals surface area contributed by atoms with E-state index >= 15 is 0 Å². The number of hydrogen-bond donors (Lipinski definition) is 0. The van der Waals surface area contributed by atoms with E-state index in [2.05, 4.69) is 30.0 Å². The molecule has 25 heavy (non-hydrogen) atoms. The Morgan fingerprint density at radius 3 is 2.84 bits per heavy atom. The van der Waals surface area contributed by atoms with Crippen molar-refractivity contribution in [3.63, 3.8) is 0 Å². The first-order valence-corrected chi connectivity index (χ1v) is 8.89. The van der Waals surface area contributed by atoms with Crippen molar-refractivity contribution in [3.8, 4) is 5.69 Å². The van der Waals surface area contributed by atoms with E-state index in [1.54, 1.807) is 4.68 Å². The van der Waals surface area contributed by atoms with Crippen molar-refractivity contribution < 1.29 is 9.53 Å². The molecule has 0 aliphatic heterocycles. The predicted molar refractivity (Wildman–Crippen MR) is 94.3 cm³/mol. The highest BCUT2D eigenvalue weighted by Gasteiger charge is 2.50. The average molecular weight is 337 g/mol. The lowest BCUT2D eigenvalue weighted by Gasteiger charge is -2.56. The maximum atomic E-state index is 12.2. The van der Waals surface area contributed by atoms with Gasteiger partial charge in [-0.25, -0.2) is 14.5 Å². The van der Waals surface area contributed by atoms with Gasteiger partial charge in [0.05, 0.1) is 12.3 Å². The largest absolute Gasteiger partial charge is 0.459 e. The maximum absolute atomic E-state index is 12.2. The van der Waals surface area contributed by atoms with Crippen molar-refractivity contribution in [1.82, 2.24) is 14.8 Å². The summed E-state index contributed by atoms with van der Waals surface area (Å²) < 4.78 is 6.98. The fourth-order valence-corrected chi connectivity index (χ4v) is 4.15. The van der Waals surface area contributed by atoms with Crippen molar-refractivity contribution in [3.05, 3.63) is 54.1 Å². The van der Waals surface area contributed by atoms with Gasteiger partial charge in [0.15, 0.2) is 0 Å². The van der Waals surface area contributed by atoms with Gasteiger partial charge in [-0.05, 0) is 42.2 Å². The fourth-order valence-electron chi connectivity index (χ4n) is 4.15. The van der Waals surface area contributed by atoms with Gasteiger partial charge >= 0.3 is 5.97 Å². The van der Waals surface area contributed by atoms with Gasteiger partial charge in [-0.3, -0.25) is 0 Å². The quantitative estimate of drug-likeness (QED) is 0.615. The molecule has 130 valence electrons. The molecular formula is C20H23N3O2. The summed E-state index contributed by atoms with van der Waals surface area (Å²) in [5, 5.41) is 4.21. The highest BCUT2D eigenvalue weighted by atomic mass is 16.5. The third kappa shape index (κ3) is 2.88. The maximum Gasteiger partial charge on any atom is 0.378 e. The van der Waals surface area contributed by atoms with Gasteiger partial charge in [0.25, 0.3) is 5.82 Å². The molecule has 0 unspecified atom stereocenters. The first kappa shape index (κ1) is 16.1. The molecule has 3 aliphatic rings. The molecule has 2 atom stereocenters. The molecule has 2 bridgehead atoms. The van der Waals surface area contributed by atoms with Gasteiger partial charge in [0, 0.05) is 6.42 Å². The molecule has 1 fully saturated rings. The number of allylic oxidation sites excluding steroid dienone is 1. The number of esters is 1. The third-order valence-corrected chi connectivity index (χ3v) is 5.90. The van der Waals surface area contributed by atoms with Crippen LogP contribution in [-0.2, 0) is 4.74 Å². The molecule has 1 heterocycles. The molecular weight excluding hydrogens is 314 g/mol. The number of hydrogen-bond acceptors (Lipinski definition) is 4. The molecule has 0 amide bonds. The van der Waals surface area contributed by atoms with Crippen LogP contribution in [0.3, 0.4) is 0 Å². The molecule has 5 rings (SSSR count). The first-order valence-electron chi connectivity index (χ1n) is 8.89. The molecule has 1 saturated carbocycles. The fraction of sp³-hybridized carbons (Fsp3) is 0.450. The van der Waals surface area contributed by atoms with Crippen molar-refractivity contribution in [2.45, 2.75) is 33.1 Å². The van der Waals surface area contributed by atoms with Crippen LogP contribution >= 0.6 is 0 Å². The second-order valence-electron chi connectivity index (χ2n) is 7.56. The second kappa shape index (κ2) is 6.14. The summed E-state index contributed by atoms with van der Waals surface area (Å²) in [6.45, 7) is 5.10. The van der Waals surface area contributed by atoms with Crippen LogP contribution in [0.5, 0.6) is 0 Å². The van der Waals surface area contributed by atoms with E-state index in [0.29, 0.717) is 17.9 Å². The van der Waals surface area contributed by atoms with Crippen molar-refractivity contribution in [1.29, 1.82) is 0 Å². The zero-order chi connectivity index (χ0) is 17.4. The van der Waals surface area contributed by atoms with Crippen LogP contribution in [0, 0.1) is 17.3 Å². The summed E-state index contributed by atoms with van der Waals surface area (Å²) in [7, 11) is 0. The molecule has 5 nitrogen and oxygen atoms in total. The number of rotatable bonds is 5. The van der Waals surface area contributed by atoms with E-state index in [4.69, 9.17) is 4.74 Å². The molecule has 3 aliphatic carbocycles. The van der Waals surface area contributed by atoms with Gasteiger partial charge in [-0.1, -0.05) is 43.7 Å². The Balaban J connectivity index is 1.33. The summed E-state index contributed by atoms with van der Waals surface area (Å²) in [5.74, 6) is 1.12. The van der Waals surface area contributed by atoms with Gasteiger partial charge in [0.2, 0.25) is 0 Å². The lowest BCUT2D eigenvalue weighted by Crippen LogP contribution is -2.48. The standard InChI is InChI=1S/C20H23N3O2/c1-20(2)15-9-8-14(17(20)12-15)10-11-25-19(24)18-21-13-23(22-18)16-6-4-3-5-7-16/h3-8,13,15,17H,9-12H2,1-2H3/t15-,17-/m0/s1. The van der Waals surface area contributed by atoms with Gasteiger partial charge in [-0.15, -0.1) is 5.10 Å². The highest BCUT2D eigenvalue weighted by Crippen LogP contribution is 2.59. The molecule has 0 spiro atoms. The number of carbonyl (C=O) groups excluding carboxylic acids is 1. The lowest BCUT2D eigenvalue weighted by molar-refractivity contribution is -0.0103. The first-order chi connectivity index (χ1) is 12.1. The summed E-state index contributed by atoms with van der Waals surface area (Å²) in [6, 6.07) is 9.58. The highest BCUT2D eigenvalue weighted by molar-refractivity contribution is 5.84. The van der Waals surface area contributed by atoms with E-state index in [9.17, 15) is 4.79 Å². The Morgan fingerprint density at radius 1 is 1.32 bits per heavy atom. The van der Waals surface area contributed by atoms with Crippen LogP contribution in [0.25, 0.3) is 5.69 Å². The summed E-state index contributed by atoms with van der Waals surface area (Å²) in [4.78, 5) is 16.2. The molecule has 1 aromatic carbocycles. The van der Waals surface area contributed by atoms with Crippen LogP contribution in [0.4, 0.5) is 0 Å². The smallest absolute Gasteiger partial charge is 0.378 e. The summed E-state index contributed by atoms with van der Waals surface area (Å²) in [6.07, 6.45) is 7.14. The Hall–Kier alpha value is -2.43. The van der Waals surface area contributed by atoms with Crippen LogP contribution in [0.1, 0.15) is 43.7 Å². The minimum atomic E-state index is -0.461. The van der Waals surface area contributed by atoms with E-state index in [1.807, 2.05) is 30.3 Å². The number of benzene rings is 1. The predicted octanol–water partition coefficient (Wildman–Crippen LogP) is 3.81. The summed E-state index contributed by atoms with van der Waals surface area (Å²) >= 11 is 0. The third-order valence-electron chi connectivity index (χ3n) is 5.90. The van der Waals surface area contributed by atoms with Crippen molar-refractivity contribution >= 4 is 5.97 Å². The van der Waals surface area contributed by atoms with E-state index < -0.39 is 5.97 Å². The molecule has 0 radical (unpaired) electrons. The number of nitrogens with zero attached hydrogens (tertiary/aromatic N) is 3. The average Bonchev–Trinajstić information content (AvgIpc) is 3.12. The minimum absolute atomic E-state index is 0.102. The molecule has 0 N–H and O–H groups in total. The summed E-state index contributed by atoms with van der Waals surface area (Å²) in [5.41, 5.74) is 2.72. The minimum Gasteiger partial charge on any atom is -0.459 e. The molecule has 0 saturated heterocycles. The Kier molecular flexibility index (Phi) is 3.94.